The molecule has 0 spiro atoms. The highest BCUT2D eigenvalue weighted by atomic mass is 16.6. The van der Waals surface area contributed by atoms with E-state index in [9.17, 15) is 4.79 Å². The molecule has 7 nitrogen and oxygen atoms in total. The first-order valence-electron chi connectivity index (χ1n) is 5.75. The average molecular weight is 276 g/mol. The van der Waals surface area contributed by atoms with Gasteiger partial charge in [0, 0.05) is 19.3 Å². The van der Waals surface area contributed by atoms with Gasteiger partial charge in [-0.1, -0.05) is 29.4 Å². The third kappa shape index (κ3) is 4.20. The molecule has 0 bridgehead atoms. The number of hydrogen-bond acceptors (Lipinski definition) is 6. The zero-order chi connectivity index (χ0) is 14.8. The van der Waals surface area contributed by atoms with Crippen molar-refractivity contribution in [1.29, 1.82) is 0 Å². The van der Waals surface area contributed by atoms with E-state index in [1.165, 1.54) is 20.6 Å². The van der Waals surface area contributed by atoms with Crippen molar-refractivity contribution in [1.82, 2.24) is 5.32 Å². The summed E-state index contributed by atoms with van der Waals surface area (Å²) in [5.74, 6) is -0.347. The Balaban J connectivity index is 3.03. The second-order valence-corrected chi connectivity index (χ2v) is 3.53. The van der Waals surface area contributed by atoms with Gasteiger partial charge in [0.15, 0.2) is 12.1 Å². The van der Waals surface area contributed by atoms with Crippen LogP contribution in [0.1, 0.15) is 11.1 Å². The fourth-order valence-electron chi connectivity index (χ4n) is 1.49. The molecule has 0 unspecified atom stereocenters. The molecule has 0 saturated heterocycles. The van der Waals surface area contributed by atoms with Gasteiger partial charge in [0.05, 0.1) is 0 Å². The molecule has 1 aromatic rings. The number of hydrogen-bond donors (Lipinski definition) is 1. The summed E-state index contributed by atoms with van der Waals surface area (Å²) in [5, 5.41) is 13.0. The minimum atomic E-state index is -0.347. The van der Waals surface area contributed by atoms with Crippen LogP contribution in [0, 0.1) is 0 Å². The molecule has 1 amide bonds. The molecule has 0 heterocycles. The summed E-state index contributed by atoms with van der Waals surface area (Å²) in [6.45, 7) is 3.41. The molecule has 0 radical (unpaired) electrons. The Morgan fingerprint density at radius 2 is 2.20 bits per heavy atom. The van der Waals surface area contributed by atoms with Gasteiger partial charge in [-0.25, -0.2) is 0 Å². The third-order valence-electron chi connectivity index (χ3n) is 2.34. The van der Waals surface area contributed by atoms with E-state index >= 15 is 0 Å². The first-order chi connectivity index (χ1) is 9.74. The fraction of sp³-hybridized carbons (Fsp3) is 0.231. The lowest BCUT2D eigenvalue weighted by Crippen LogP contribution is -2.29. The number of rotatable bonds is 7. The van der Waals surface area contributed by atoms with Crippen LogP contribution in [0.5, 0.6) is 0 Å². The van der Waals surface area contributed by atoms with Gasteiger partial charge < -0.3 is 14.9 Å². The number of nitrogens with one attached hydrogen (secondary N) is 1. The first-order valence-corrected chi connectivity index (χ1v) is 5.75. The Kier molecular flexibility index (Phi) is 6.46. The summed E-state index contributed by atoms with van der Waals surface area (Å²) in [6.07, 6.45) is 1.18. The molecule has 1 aromatic carbocycles. The standard InChI is InChI=1S/C13H16N4O3/c1-14-13(18)12(17-19-3)11-7-5-4-6-10(11)8-20-9-16-15-2/h4-7,9H,2,8H2,1,3H3,(H,14,18)/b16-9+,17-12+. The summed E-state index contributed by atoms with van der Waals surface area (Å²) >= 11 is 0. The van der Waals surface area contributed by atoms with E-state index in [-0.39, 0.29) is 18.2 Å². The summed E-state index contributed by atoms with van der Waals surface area (Å²) in [6, 6.07) is 7.21. The van der Waals surface area contributed by atoms with Crippen LogP contribution in [-0.2, 0) is 21.0 Å². The highest BCUT2D eigenvalue weighted by Crippen LogP contribution is 2.12. The van der Waals surface area contributed by atoms with E-state index in [0.29, 0.717) is 5.56 Å². The van der Waals surface area contributed by atoms with Crippen LogP contribution in [0.3, 0.4) is 0 Å². The molecule has 0 aliphatic carbocycles. The van der Waals surface area contributed by atoms with Crippen molar-refractivity contribution in [3.05, 3.63) is 35.4 Å². The number of amides is 1. The van der Waals surface area contributed by atoms with Crippen LogP contribution in [0.2, 0.25) is 0 Å². The predicted molar refractivity (Wildman–Crippen MR) is 76.9 cm³/mol. The van der Waals surface area contributed by atoms with E-state index in [1.54, 1.807) is 12.1 Å². The van der Waals surface area contributed by atoms with Crippen LogP contribution in [-0.4, -0.2) is 38.9 Å². The van der Waals surface area contributed by atoms with Crippen molar-refractivity contribution in [2.45, 2.75) is 6.61 Å². The number of carbonyl (C=O) groups is 1. The Hall–Kier alpha value is -2.70. The molecule has 106 valence electrons. The van der Waals surface area contributed by atoms with Crippen LogP contribution in [0.4, 0.5) is 0 Å². The van der Waals surface area contributed by atoms with Gasteiger partial charge in [-0.05, 0) is 5.56 Å². The maximum atomic E-state index is 11.8. The van der Waals surface area contributed by atoms with E-state index in [4.69, 9.17) is 9.57 Å². The molecule has 0 aromatic heterocycles. The maximum Gasteiger partial charge on any atom is 0.273 e. The van der Waals surface area contributed by atoms with Gasteiger partial charge in [0.1, 0.15) is 13.7 Å². The smallest absolute Gasteiger partial charge is 0.273 e. The molecule has 1 rings (SSSR count). The number of benzene rings is 1. The number of likely N-dealkylation sites (N-methyl/N-ethyl adjacent to an activating group) is 1. The molecule has 7 heteroatoms. The monoisotopic (exact) mass is 276 g/mol. The molecule has 0 atom stereocenters. The van der Waals surface area contributed by atoms with Crippen molar-refractivity contribution >= 4 is 24.7 Å². The lowest BCUT2D eigenvalue weighted by molar-refractivity contribution is -0.114. The molecule has 0 aliphatic heterocycles. The highest BCUT2D eigenvalue weighted by Gasteiger charge is 2.17. The number of carbonyl (C=O) groups excluding carboxylic acids is 1. The van der Waals surface area contributed by atoms with Gasteiger partial charge in [-0.3, -0.25) is 4.79 Å². The SMILES string of the molecule is C=N/N=C/OCc1ccccc1/C(=N\OC)C(=O)NC. The summed E-state index contributed by atoms with van der Waals surface area (Å²) in [7, 11) is 2.90. The number of oxime groups is 1. The lowest BCUT2D eigenvalue weighted by Gasteiger charge is -2.10. The van der Waals surface area contributed by atoms with E-state index < -0.39 is 0 Å². The minimum Gasteiger partial charge on any atom is -0.477 e. The van der Waals surface area contributed by atoms with Crippen molar-refractivity contribution in [2.75, 3.05) is 14.2 Å². The van der Waals surface area contributed by atoms with Crippen LogP contribution in [0.25, 0.3) is 0 Å². The molecule has 0 fully saturated rings. The number of nitrogens with zero attached hydrogens (tertiary/aromatic N) is 3. The van der Waals surface area contributed by atoms with Crippen LogP contribution in [0.15, 0.2) is 39.6 Å². The largest absolute Gasteiger partial charge is 0.477 e. The van der Waals surface area contributed by atoms with Gasteiger partial charge >= 0.3 is 0 Å². The maximum absolute atomic E-state index is 11.8. The second kappa shape index (κ2) is 8.41. The first kappa shape index (κ1) is 15.4. The summed E-state index contributed by atoms with van der Waals surface area (Å²) in [5.41, 5.74) is 1.56. The third-order valence-corrected chi connectivity index (χ3v) is 2.34. The van der Waals surface area contributed by atoms with Gasteiger partial charge in [0.25, 0.3) is 5.91 Å². The highest BCUT2D eigenvalue weighted by molar-refractivity contribution is 6.45. The quantitative estimate of drug-likeness (QED) is 0.457. The van der Waals surface area contributed by atoms with Crippen LogP contribution >= 0.6 is 0 Å². The van der Waals surface area contributed by atoms with Gasteiger partial charge in [-0.2, -0.15) is 5.10 Å². The van der Waals surface area contributed by atoms with E-state index in [1.807, 2.05) is 12.1 Å². The van der Waals surface area contributed by atoms with Crippen molar-refractivity contribution in [3.63, 3.8) is 0 Å². The van der Waals surface area contributed by atoms with Crippen molar-refractivity contribution in [3.8, 4) is 0 Å². The Bertz CT molecular complexity index is 526. The van der Waals surface area contributed by atoms with Crippen LogP contribution < -0.4 is 5.32 Å². The van der Waals surface area contributed by atoms with Gasteiger partial charge in [0.2, 0.25) is 0 Å². The molecule has 1 N–H and O–H groups in total. The lowest BCUT2D eigenvalue weighted by atomic mass is 10.0. The minimum absolute atomic E-state index is 0.174. The van der Waals surface area contributed by atoms with Gasteiger partial charge in [-0.15, -0.1) is 5.10 Å². The zero-order valence-electron chi connectivity index (χ0n) is 11.4. The average Bonchev–Trinajstić information content (AvgIpc) is 2.49. The second-order valence-electron chi connectivity index (χ2n) is 3.53. The number of ether oxygens (including phenoxy) is 1. The predicted octanol–water partition coefficient (Wildman–Crippen LogP) is 0.944. The summed E-state index contributed by atoms with van der Waals surface area (Å²) < 4.78 is 5.19. The zero-order valence-corrected chi connectivity index (χ0v) is 11.4. The Morgan fingerprint density at radius 3 is 2.85 bits per heavy atom. The van der Waals surface area contributed by atoms with Crippen molar-refractivity contribution in [2.24, 2.45) is 15.4 Å². The molecular formula is C13H16N4O3. The Labute approximate surface area is 117 Å². The Morgan fingerprint density at radius 1 is 1.45 bits per heavy atom. The van der Waals surface area contributed by atoms with E-state index in [0.717, 1.165) is 5.56 Å². The normalized spacial score (nSPS) is 11.2. The van der Waals surface area contributed by atoms with Crippen molar-refractivity contribution < 1.29 is 14.4 Å². The molecule has 20 heavy (non-hydrogen) atoms. The molecular weight excluding hydrogens is 260 g/mol. The summed E-state index contributed by atoms with van der Waals surface area (Å²) in [4.78, 5) is 16.5. The van der Waals surface area contributed by atoms with E-state index in [2.05, 4.69) is 27.4 Å². The molecule has 0 aliphatic rings. The topological polar surface area (TPSA) is 84.6 Å². The molecule has 0 saturated carbocycles. The fourth-order valence-corrected chi connectivity index (χ4v) is 1.49.